The summed E-state index contributed by atoms with van der Waals surface area (Å²) in [6.07, 6.45) is 3.31. The number of rotatable bonds is 6. The molecule has 5 rings (SSSR count). The molecule has 4 aliphatic heterocycles. The van der Waals surface area contributed by atoms with E-state index >= 15 is 0 Å². The van der Waals surface area contributed by atoms with E-state index in [1.807, 2.05) is 27.7 Å². The fourth-order valence-electron chi connectivity index (χ4n) is 5.86. The lowest BCUT2D eigenvalue weighted by atomic mass is 9.58. The van der Waals surface area contributed by atoms with Crippen LogP contribution in [0.1, 0.15) is 79.6 Å². The summed E-state index contributed by atoms with van der Waals surface area (Å²) in [6.45, 7) is 10.1. The maximum atomic E-state index is 12.5. The largest absolute Gasteiger partial charge is 0.435 e. The number of ether oxygens (including phenoxy) is 3. The van der Waals surface area contributed by atoms with Gasteiger partial charge in [-0.15, -0.1) is 0 Å². The fourth-order valence-corrected chi connectivity index (χ4v) is 5.86. The number of fused-ring (bicyclic) bond motifs is 2. The smallest absolute Gasteiger partial charge is 0.308 e. The van der Waals surface area contributed by atoms with Crippen LogP contribution in [0.25, 0.3) is 0 Å². The first-order valence-electron chi connectivity index (χ1n) is 11.9. The fraction of sp³-hybridized carbons (Fsp3) is 0.913. The van der Waals surface area contributed by atoms with Gasteiger partial charge in [-0.05, 0) is 51.4 Å². The Morgan fingerprint density at radius 2 is 1.90 bits per heavy atom. The second-order valence-electron chi connectivity index (χ2n) is 10.1. The number of hydrogen-bond donors (Lipinski definition) is 1. The van der Waals surface area contributed by atoms with Crippen LogP contribution in [0.2, 0.25) is 0 Å². The highest BCUT2D eigenvalue weighted by Crippen LogP contribution is 2.60. The van der Waals surface area contributed by atoms with Gasteiger partial charge >= 0.3 is 5.97 Å². The average molecular weight is 440 g/mol. The van der Waals surface area contributed by atoms with E-state index in [1.54, 1.807) is 0 Å². The predicted octanol–water partition coefficient (Wildman–Crippen LogP) is 3.43. The zero-order valence-corrected chi connectivity index (χ0v) is 19.3. The van der Waals surface area contributed by atoms with E-state index in [1.165, 1.54) is 0 Å². The third-order valence-corrected chi connectivity index (χ3v) is 7.92. The summed E-state index contributed by atoms with van der Waals surface area (Å²) >= 11 is 0. The van der Waals surface area contributed by atoms with Gasteiger partial charge in [0, 0.05) is 30.7 Å². The summed E-state index contributed by atoms with van der Waals surface area (Å²) in [7, 11) is 0. The molecular weight excluding hydrogens is 402 g/mol. The van der Waals surface area contributed by atoms with Gasteiger partial charge in [-0.2, -0.15) is 0 Å². The Balaban J connectivity index is 1.44. The van der Waals surface area contributed by atoms with Crippen molar-refractivity contribution in [1.82, 2.24) is 5.32 Å². The van der Waals surface area contributed by atoms with Crippen molar-refractivity contribution in [2.75, 3.05) is 0 Å². The van der Waals surface area contributed by atoms with Gasteiger partial charge in [-0.25, -0.2) is 9.78 Å². The van der Waals surface area contributed by atoms with Gasteiger partial charge in [0.1, 0.15) is 0 Å². The topological polar surface area (TPSA) is 92.3 Å². The molecule has 0 radical (unpaired) electrons. The summed E-state index contributed by atoms with van der Waals surface area (Å²) in [5, 5.41) is 2.87. The Labute approximate surface area is 184 Å². The van der Waals surface area contributed by atoms with E-state index in [4.69, 9.17) is 24.0 Å². The minimum Gasteiger partial charge on any atom is -0.435 e. The van der Waals surface area contributed by atoms with Gasteiger partial charge in [-0.1, -0.05) is 20.8 Å². The molecule has 0 unspecified atom stereocenters. The Kier molecular flexibility index (Phi) is 6.38. The second-order valence-corrected chi connectivity index (χ2v) is 10.1. The van der Waals surface area contributed by atoms with E-state index in [0.717, 1.165) is 32.1 Å². The van der Waals surface area contributed by atoms with Crippen LogP contribution in [0.15, 0.2) is 0 Å². The standard InChI is InChI=1S/C23H37NO7/c1-6-14(3)24-18(25)9-10-19(26)27-20-15(4)17-8-7-13(2)16-11-12-22(5)29-21(28-20)23(16,17)31-30-22/h13-17,20-21H,6-12H2,1-5H3,(H,24,25)/t13-,14+,15+,16+,17-,20-,21+,22-,23+/m1/s1. The van der Waals surface area contributed by atoms with Crippen molar-refractivity contribution in [3.8, 4) is 0 Å². The molecule has 2 bridgehead atoms. The van der Waals surface area contributed by atoms with Crippen molar-refractivity contribution in [1.29, 1.82) is 0 Å². The SMILES string of the molecule is CC[C@H](C)NC(=O)CCC(=O)O[C@@H]1O[C@H]2O[C@@]3(C)CC[C@H]4[C@H](C)CC[C@H]([C@@H]1C)[C@]24OO3. The van der Waals surface area contributed by atoms with Crippen LogP contribution < -0.4 is 5.32 Å². The number of hydrogen-bond acceptors (Lipinski definition) is 7. The molecule has 4 heterocycles. The lowest BCUT2D eigenvalue weighted by Crippen LogP contribution is -2.70. The molecule has 1 spiro atoms. The molecule has 9 atom stereocenters. The van der Waals surface area contributed by atoms with Gasteiger partial charge in [0.05, 0.1) is 6.42 Å². The Morgan fingerprint density at radius 3 is 2.65 bits per heavy atom. The van der Waals surface area contributed by atoms with E-state index in [-0.39, 0.29) is 42.5 Å². The number of nitrogens with one attached hydrogen (secondary N) is 1. The third-order valence-electron chi connectivity index (χ3n) is 7.92. The Morgan fingerprint density at radius 1 is 1.13 bits per heavy atom. The molecule has 1 N–H and O–H groups in total. The van der Waals surface area contributed by atoms with Crippen molar-refractivity contribution in [3.05, 3.63) is 0 Å². The summed E-state index contributed by atoms with van der Waals surface area (Å²) < 4.78 is 18.2. The highest BCUT2D eigenvalue weighted by atomic mass is 17.3. The molecule has 4 saturated heterocycles. The second kappa shape index (κ2) is 8.61. The first kappa shape index (κ1) is 23.0. The monoisotopic (exact) mass is 439 g/mol. The van der Waals surface area contributed by atoms with Gasteiger partial charge in [-0.3, -0.25) is 9.59 Å². The molecule has 31 heavy (non-hydrogen) atoms. The minimum absolute atomic E-state index is 0.0210. The molecule has 176 valence electrons. The molecule has 1 saturated carbocycles. The van der Waals surface area contributed by atoms with Crippen LogP contribution in [-0.2, 0) is 33.6 Å². The van der Waals surface area contributed by atoms with Crippen LogP contribution in [0, 0.1) is 23.7 Å². The molecule has 0 aromatic heterocycles. The van der Waals surface area contributed by atoms with E-state index in [9.17, 15) is 9.59 Å². The molecule has 0 aromatic rings. The number of carbonyl (C=O) groups is 2. The van der Waals surface area contributed by atoms with Crippen molar-refractivity contribution < 1.29 is 33.6 Å². The van der Waals surface area contributed by atoms with Crippen molar-refractivity contribution in [2.24, 2.45) is 23.7 Å². The van der Waals surface area contributed by atoms with Crippen LogP contribution >= 0.6 is 0 Å². The van der Waals surface area contributed by atoms with Gasteiger partial charge in [0.25, 0.3) is 0 Å². The lowest BCUT2D eigenvalue weighted by molar-refractivity contribution is -0.576. The lowest BCUT2D eigenvalue weighted by Gasteiger charge is -2.59. The molecule has 8 nitrogen and oxygen atoms in total. The number of carbonyl (C=O) groups excluding carboxylic acids is 2. The van der Waals surface area contributed by atoms with Crippen LogP contribution in [-0.4, -0.2) is 41.9 Å². The van der Waals surface area contributed by atoms with Crippen molar-refractivity contribution in [2.45, 2.75) is 110 Å². The summed E-state index contributed by atoms with van der Waals surface area (Å²) in [5.74, 6) is -0.666. The maximum absolute atomic E-state index is 12.5. The number of esters is 1. The summed E-state index contributed by atoms with van der Waals surface area (Å²) in [6, 6.07) is 0.0921. The molecule has 8 heteroatoms. The van der Waals surface area contributed by atoms with E-state index < -0.39 is 29.9 Å². The molecule has 5 fully saturated rings. The van der Waals surface area contributed by atoms with Gasteiger partial charge in [0.2, 0.25) is 18.0 Å². The first-order valence-corrected chi connectivity index (χ1v) is 11.9. The predicted molar refractivity (Wildman–Crippen MR) is 110 cm³/mol. The molecule has 5 aliphatic rings. The average Bonchev–Trinajstić information content (AvgIpc) is 2.96. The Bertz CT molecular complexity index is 701. The highest BCUT2D eigenvalue weighted by Gasteiger charge is 2.69. The highest BCUT2D eigenvalue weighted by molar-refractivity contribution is 5.81. The zero-order valence-electron chi connectivity index (χ0n) is 19.3. The van der Waals surface area contributed by atoms with Crippen molar-refractivity contribution in [3.63, 3.8) is 0 Å². The van der Waals surface area contributed by atoms with Crippen molar-refractivity contribution >= 4 is 11.9 Å². The first-order chi connectivity index (χ1) is 14.7. The molecule has 1 aliphatic carbocycles. The van der Waals surface area contributed by atoms with Gasteiger partial charge in [0.15, 0.2) is 11.9 Å². The van der Waals surface area contributed by atoms with Crippen LogP contribution in [0.3, 0.4) is 0 Å². The quantitative estimate of drug-likeness (QED) is 0.501. The maximum Gasteiger partial charge on any atom is 0.308 e. The molecule has 0 aromatic carbocycles. The van der Waals surface area contributed by atoms with E-state index in [0.29, 0.717) is 5.92 Å². The third kappa shape index (κ3) is 4.12. The van der Waals surface area contributed by atoms with E-state index in [2.05, 4.69) is 12.2 Å². The van der Waals surface area contributed by atoms with Crippen LogP contribution in [0.4, 0.5) is 0 Å². The van der Waals surface area contributed by atoms with Crippen LogP contribution in [0.5, 0.6) is 0 Å². The summed E-state index contributed by atoms with van der Waals surface area (Å²) in [4.78, 5) is 36.4. The summed E-state index contributed by atoms with van der Waals surface area (Å²) in [5.41, 5.74) is -0.674. The number of amides is 1. The molecular formula is C23H37NO7. The molecule has 1 amide bonds. The minimum atomic E-state index is -0.860. The van der Waals surface area contributed by atoms with Gasteiger partial charge < -0.3 is 19.5 Å². The Hall–Kier alpha value is -1.22. The zero-order chi connectivity index (χ0) is 22.4. The normalized spacial score (nSPS) is 44.7.